The minimum atomic E-state index is -1.20. The van der Waals surface area contributed by atoms with Crippen LogP contribution in [-0.2, 0) is 5.66 Å². The van der Waals surface area contributed by atoms with E-state index in [4.69, 9.17) is 16.2 Å². The van der Waals surface area contributed by atoms with E-state index in [9.17, 15) is 4.39 Å². The standard InChI is InChI=1S/C17H18FN3O/c1-10-3-5-13-12(16(10)19)7-8-21-17(13,20)14-9-11(22-2)4-6-15(14)18/h3-9,21H,19-20H2,1-2H3. The highest BCUT2D eigenvalue weighted by atomic mass is 19.1. The highest BCUT2D eigenvalue weighted by molar-refractivity contribution is 5.74. The molecular weight excluding hydrogens is 281 g/mol. The van der Waals surface area contributed by atoms with Crippen LogP contribution < -0.4 is 21.5 Å². The van der Waals surface area contributed by atoms with Crippen LogP contribution in [0.5, 0.6) is 5.75 Å². The number of benzene rings is 2. The highest BCUT2D eigenvalue weighted by Crippen LogP contribution is 2.37. The number of nitrogens with one attached hydrogen (secondary N) is 1. The number of hydrogen-bond donors (Lipinski definition) is 3. The minimum Gasteiger partial charge on any atom is -0.497 e. The number of hydrogen-bond acceptors (Lipinski definition) is 4. The van der Waals surface area contributed by atoms with Crippen molar-refractivity contribution in [1.82, 2.24) is 5.32 Å². The molecule has 22 heavy (non-hydrogen) atoms. The van der Waals surface area contributed by atoms with Crippen molar-refractivity contribution in [3.05, 3.63) is 64.6 Å². The van der Waals surface area contributed by atoms with Gasteiger partial charge in [0.05, 0.1) is 7.11 Å². The van der Waals surface area contributed by atoms with Gasteiger partial charge in [-0.1, -0.05) is 12.1 Å². The van der Waals surface area contributed by atoms with Gasteiger partial charge in [0.15, 0.2) is 0 Å². The maximum atomic E-state index is 14.4. The molecule has 2 aromatic rings. The van der Waals surface area contributed by atoms with Crippen LogP contribution in [-0.4, -0.2) is 7.11 Å². The number of aryl methyl sites for hydroxylation is 1. The van der Waals surface area contributed by atoms with Gasteiger partial charge >= 0.3 is 0 Å². The van der Waals surface area contributed by atoms with Crippen molar-refractivity contribution in [3.8, 4) is 5.75 Å². The van der Waals surface area contributed by atoms with E-state index in [1.165, 1.54) is 13.2 Å². The average molecular weight is 299 g/mol. The van der Waals surface area contributed by atoms with Gasteiger partial charge in [-0.15, -0.1) is 0 Å². The molecular formula is C17H18FN3O. The predicted molar refractivity (Wildman–Crippen MR) is 85.7 cm³/mol. The summed E-state index contributed by atoms with van der Waals surface area (Å²) in [5, 5.41) is 3.05. The summed E-state index contributed by atoms with van der Waals surface area (Å²) in [6, 6.07) is 8.26. The largest absolute Gasteiger partial charge is 0.497 e. The first kappa shape index (κ1) is 14.4. The van der Waals surface area contributed by atoms with Gasteiger partial charge in [-0.3, -0.25) is 0 Å². The van der Waals surface area contributed by atoms with Crippen LogP contribution in [0.2, 0.25) is 0 Å². The Bertz CT molecular complexity index is 773. The van der Waals surface area contributed by atoms with Crippen molar-refractivity contribution in [2.45, 2.75) is 12.6 Å². The topological polar surface area (TPSA) is 73.3 Å². The van der Waals surface area contributed by atoms with E-state index in [0.717, 1.165) is 16.7 Å². The quantitative estimate of drug-likeness (QED) is 0.745. The molecule has 1 unspecified atom stereocenters. The van der Waals surface area contributed by atoms with Gasteiger partial charge in [0.25, 0.3) is 0 Å². The molecule has 1 heterocycles. The van der Waals surface area contributed by atoms with Crippen molar-refractivity contribution in [3.63, 3.8) is 0 Å². The van der Waals surface area contributed by atoms with Gasteiger partial charge in [-0.25, -0.2) is 4.39 Å². The van der Waals surface area contributed by atoms with E-state index in [1.807, 2.05) is 25.1 Å². The van der Waals surface area contributed by atoms with Crippen LogP contribution in [0.15, 0.2) is 36.5 Å². The van der Waals surface area contributed by atoms with E-state index in [2.05, 4.69) is 5.32 Å². The van der Waals surface area contributed by atoms with E-state index >= 15 is 0 Å². The lowest BCUT2D eigenvalue weighted by atomic mass is 9.84. The van der Waals surface area contributed by atoms with Crippen LogP contribution >= 0.6 is 0 Å². The predicted octanol–water partition coefficient (Wildman–Crippen LogP) is 2.46. The normalized spacial score (nSPS) is 19.5. The minimum absolute atomic E-state index is 0.306. The molecule has 1 atom stereocenters. The summed E-state index contributed by atoms with van der Waals surface area (Å²) in [5.41, 5.74) is 14.9. The lowest BCUT2D eigenvalue weighted by Crippen LogP contribution is -2.51. The SMILES string of the molecule is COc1ccc(F)c(C2(N)NC=Cc3c2ccc(C)c3N)c1. The Morgan fingerprint density at radius 2 is 1.95 bits per heavy atom. The van der Waals surface area contributed by atoms with Crippen LogP contribution in [0.1, 0.15) is 22.3 Å². The Morgan fingerprint density at radius 3 is 2.68 bits per heavy atom. The van der Waals surface area contributed by atoms with Crippen molar-refractivity contribution in [1.29, 1.82) is 0 Å². The first-order valence-corrected chi connectivity index (χ1v) is 6.94. The monoisotopic (exact) mass is 299 g/mol. The Hall–Kier alpha value is -2.53. The van der Waals surface area contributed by atoms with Crippen LogP contribution in [0.4, 0.5) is 10.1 Å². The molecule has 1 aliphatic rings. The summed E-state index contributed by atoms with van der Waals surface area (Å²) < 4.78 is 19.6. The maximum Gasteiger partial charge on any atom is 0.142 e. The van der Waals surface area contributed by atoms with Gasteiger partial charge in [0.2, 0.25) is 0 Å². The third-order valence-electron chi connectivity index (χ3n) is 4.09. The number of anilines is 1. The summed E-state index contributed by atoms with van der Waals surface area (Å²) >= 11 is 0. The third-order valence-corrected chi connectivity index (χ3v) is 4.09. The van der Waals surface area contributed by atoms with Gasteiger partial charge < -0.3 is 21.5 Å². The van der Waals surface area contributed by atoms with Crippen molar-refractivity contribution >= 4 is 11.8 Å². The molecule has 0 amide bonds. The van der Waals surface area contributed by atoms with Gasteiger partial charge in [-0.05, 0) is 43.0 Å². The first-order valence-electron chi connectivity index (χ1n) is 6.94. The lowest BCUT2D eigenvalue weighted by molar-refractivity contribution is 0.403. The average Bonchev–Trinajstić information content (AvgIpc) is 2.52. The zero-order valence-electron chi connectivity index (χ0n) is 12.5. The summed E-state index contributed by atoms with van der Waals surface area (Å²) in [7, 11) is 1.53. The molecule has 5 N–H and O–H groups in total. The zero-order valence-corrected chi connectivity index (χ0v) is 12.5. The van der Waals surface area contributed by atoms with Gasteiger partial charge in [-0.2, -0.15) is 0 Å². The molecule has 0 fully saturated rings. The fourth-order valence-corrected chi connectivity index (χ4v) is 2.76. The number of rotatable bonds is 2. The van der Waals surface area contributed by atoms with Crippen LogP contribution in [0.25, 0.3) is 6.08 Å². The summed E-state index contributed by atoms with van der Waals surface area (Å²) in [4.78, 5) is 0. The van der Waals surface area contributed by atoms with Crippen molar-refractivity contribution in [2.75, 3.05) is 12.8 Å². The van der Waals surface area contributed by atoms with Gasteiger partial charge in [0.1, 0.15) is 17.2 Å². The van der Waals surface area contributed by atoms with Crippen LogP contribution in [0.3, 0.4) is 0 Å². The molecule has 0 saturated carbocycles. The number of halogens is 1. The van der Waals surface area contributed by atoms with Gasteiger partial charge in [0, 0.05) is 22.4 Å². The second-order valence-corrected chi connectivity index (χ2v) is 5.39. The van der Waals surface area contributed by atoms with E-state index in [-0.39, 0.29) is 0 Å². The number of ether oxygens (including phenoxy) is 1. The van der Waals surface area contributed by atoms with E-state index in [0.29, 0.717) is 17.0 Å². The molecule has 0 radical (unpaired) electrons. The molecule has 1 aliphatic heterocycles. The first-order chi connectivity index (χ1) is 10.5. The Labute approximate surface area is 128 Å². The number of methoxy groups -OCH3 is 1. The molecule has 0 bridgehead atoms. The third kappa shape index (κ3) is 2.02. The highest BCUT2D eigenvalue weighted by Gasteiger charge is 2.36. The molecule has 0 aliphatic carbocycles. The molecule has 3 rings (SSSR count). The Morgan fingerprint density at radius 1 is 1.18 bits per heavy atom. The molecule has 5 heteroatoms. The lowest BCUT2D eigenvalue weighted by Gasteiger charge is -2.36. The Kier molecular flexibility index (Phi) is 3.30. The molecule has 0 aromatic heterocycles. The maximum absolute atomic E-state index is 14.4. The molecule has 4 nitrogen and oxygen atoms in total. The number of nitrogens with two attached hydrogens (primary N) is 2. The second-order valence-electron chi connectivity index (χ2n) is 5.39. The zero-order chi connectivity index (χ0) is 15.9. The Balaban J connectivity index is 2.25. The smallest absolute Gasteiger partial charge is 0.142 e. The molecule has 0 saturated heterocycles. The number of fused-ring (bicyclic) bond motifs is 1. The van der Waals surface area contributed by atoms with E-state index in [1.54, 1.807) is 18.3 Å². The fraction of sp³-hybridized carbons (Fsp3) is 0.176. The van der Waals surface area contributed by atoms with Crippen LogP contribution in [0, 0.1) is 12.7 Å². The summed E-state index contributed by atoms with van der Waals surface area (Å²) in [6.45, 7) is 1.93. The molecule has 114 valence electrons. The molecule has 0 spiro atoms. The number of nitrogen functional groups attached to an aromatic ring is 1. The molecule has 2 aromatic carbocycles. The van der Waals surface area contributed by atoms with E-state index < -0.39 is 11.5 Å². The summed E-state index contributed by atoms with van der Waals surface area (Å²) in [5.74, 6) is 0.135. The second kappa shape index (κ2) is 5.03. The fourth-order valence-electron chi connectivity index (χ4n) is 2.76. The summed E-state index contributed by atoms with van der Waals surface area (Å²) in [6.07, 6.45) is 3.54. The van der Waals surface area contributed by atoms with Crippen molar-refractivity contribution in [2.24, 2.45) is 5.73 Å². The van der Waals surface area contributed by atoms with Crippen molar-refractivity contribution < 1.29 is 9.13 Å².